The summed E-state index contributed by atoms with van der Waals surface area (Å²) in [4.78, 5) is 39.5. The van der Waals surface area contributed by atoms with Crippen molar-refractivity contribution in [2.24, 2.45) is 5.92 Å². The van der Waals surface area contributed by atoms with Crippen molar-refractivity contribution in [2.75, 3.05) is 25.6 Å². The summed E-state index contributed by atoms with van der Waals surface area (Å²) in [7, 11) is 1.34. The maximum atomic E-state index is 12.6. The molecular weight excluding hydrogens is 380 g/mol. The molecule has 2 amide bonds. The second-order valence-electron chi connectivity index (χ2n) is 7.33. The van der Waals surface area contributed by atoms with Gasteiger partial charge in [-0.15, -0.1) is 11.3 Å². The standard InChI is InChI=1S/C20H28N2O5S/c1-3-27-20(25)22-10-9-14-15(12-22)28-18(17(14)19(24)26-2)21-16(23)11-13-7-5-4-6-8-13/h13H,3-12H2,1-2H3,(H,21,23). The van der Waals surface area contributed by atoms with E-state index in [9.17, 15) is 14.4 Å². The van der Waals surface area contributed by atoms with Crippen LogP contribution in [0, 0.1) is 5.92 Å². The van der Waals surface area contributed by atoms with Crippen LogP contribution < -0.4 is 5.32 Å². The predicted octanol–water partition coefficient (Wildman–Crippen LogP) is 3.96. The van der Waals surface area contributed by atoms with Crippen LogP contribution >= 0.6 is 11.3 Å². The van der Waals surface area contributed by atoms with Crippen LogP contribution in [-0.2, 0) is 27.2 Å². The molecule has 0 bridgehead atoms. The van der Waals surface area contributed by atoms with Crippen LogP contribution in [0.1, 0.15) is 66.2 Å². The Hall–Kier alpha value is -2.09. The minimum absolute atomic E-state index is 0.0575. The number of thiophene rings is 1. The molecule has 0 spiro atoms. The van der Waals surface area contributed by atoms with Crippen molar-refractivity contribution in [1.29, 1.82) is 0 Å². The molecule has 0 saturated heterocycles. The third-order valence-electron chi connectivity index (χ3n) is 5.42. The Morgan fingerprint density at radius 1 is 1.21 bits per heavy atom. The van der Waals surface area contributed by atoms with E-state index in [4.69, 9.17) is 9.47 Å². The number of amides is 2. The molecule has 8 heteroatoms. The Kier molecular flexibility index (Phi) is 6.93. The number of hydrogen-bond acceptors (Lipinski definition) is 6. The van der Waals surface area contributed by atoms with E-state index in [0.717, 1.165) is 23.3 Å². The van der Waals surface area contributed by atoms with Gasteiger partial charge in [-0.3, -0.25) is 4.79 Å². The van der Waals surface area contributed by atoms with Gasteiger partial charge in [-0.1, -0.05) is 19.3 Å². The molecule has 1 aliphatic heterocycles. The summed E-state index contributed by atoms with van der Waals surface area (Å²) in [5.74, 6) is -0.0860. The fourth-order valence-corrected chi connectivity index (χ4v) is 5.28. The molecule has 1 aromatic rings. The topological polar surface area (TPSA) is 84.9 Å². The van der Waals surface area contributed by atoms with Gasteiger partial charge >= 0.3 is 12.1 Å². The van der Waals surface area contributed by atoms with Crippen molar-refractivity contribution in [3.63, 3.8) is 0 Å². The molecule has 1 saturated carbocycles. The Bertz CT molecular complexity index is 739. The molecule has 0 unspecified atom stereocenters. The van der Waals surface area contributed by atoms with Gasteiger partial charge < -0.3 is 19.7 Å². The molecular formula is C20H28N2O5S. The van der Waals surface area contributed by atoms with Crippen LogP contribution in [0.3, 0.4) is 0 Å². The zero-order valence-corrected chi connectivity index (χ0v) is 17.4. The van der Waals surface area contributed by atoms with Gasteiger partial charge in [-0.2, -0.15) is 0 Å². The number of fused-ring (bicyclic) bond motifs is 1. The Morgan fingerprint density at radius 3 is 2.64 bits per heavy atom. The Labute approximate surface area is 169 Å². The van der Waals surface area contributed by atoms with Crippen LogP contribution in [0.15, 0.2) is 0 Å². The average molecular weight is 409 g/mol. The number of hydrogen-bond donors (Lipinski definition) is 1. The largest absolute Gasteiger partial charge is 0.465 e. The summed E-state index contributed by atoms with van der Waals surface area (Å²) >= 11 is 1.35. The minimum Gasteiger partial charge on any atom is -0.465 e. The first-order valence-corrected chi connectivity index (χ1v) is 10.8. The highest BCUT2D eigenvalue weighted by Gasteiger charge is 2.31. The van der Waals surface area contributed by atoms with Crippen LogP contribution in [0.5, 0.6) is 0 Å². The first-order valence-electron chi connectivity index (χ1n) is 9.97. The molecule has 2 heterocycles. The van der Waals surface area contributed by atoms with E-state index in [1.165, 1.54) is 37.7 Å². The van der Waals surface area contributed by atoms with Crippen molar-refractivity contribution in [2.45, 2.75) is 58.4 Å². The van der Waals surface area contributed by atoms with Gasteiger partial charge in [0.1, 0.15) is 5.00 Å². The third-order valence-corrected chi connectivity index (χ3v) is 6.56. The van der Waals surface area contributed by atoms with Gasteiger partial charge in [0.05, 0.1) is 25.8 Å². The van der Waals surface area contributed by atoms with Crippen molar-refractivity contribution in [3.05, 3.63) is 16.0 Å². The minimum atomic E-state index is -0.449. The first-order chi connectivity index (χ1) is 13.5. The van der Waals surface area contributed by atoms with E-state index in [2.05, 4.69) is 5.32 Å². The van der Waals surface area contributed by atoms with Crippen molar-refractivity contribution in [3.8, 4) is 0 Å². The van der Waals surface area contributed by atoms with Gasteiger partial charge in [-0.05, 0) is 37.7 Å². The number of methoxy groups -OCH3 is 1. The van der Waals surface area contributed by atoms with Crippen LogP contribution in [0.2, 0.25) is 0 Å². The first kappa shape index (κ1) is 20.6. The summed E-state index contributed by atoms with van der Waals surface area (Å²) in [6.07, 6.45) is 6.46. The highest BCUT2D eigenvalue weighted by atomic mass is 32.1. The molecule has 1 aromatic heterocycles. The van der Waals surface area contributed by atoms with E-state index in [1.807, 2.05) is 0 Å². The maximum absolute atomic E-state index is 12.6. The number of esters is 1. The van der Waals surface area contributed by atoms with Gasteiger partial charge in [0.15, 0.2) is 0 Å². The molecule has 0 radical (unpaired) electrons. The molecule has 0 aromatic carbocycles. The summed E-state index contributed by atoms with van der Waals surface area (Å²) in [6.45, 7) is 2.94. The van der Waals surface area contributed by atoms with Crippen LogP contribution in [0.25, 0.3) is 0 Å². The van der Waals surface area contributed by atoms with Crippen molar-refractivity contribution >= 4 is 34.3 Å². The van der Waals surface area contributed by atoms with Gasteiger partial charge in [0.2, 0.25) is 5.91 Å². The molecule has 28 heavy (non-hydrogen) atoms. The quantitative estimate of drug-likeness (QED) is 0.746. The lowest BCUT2D eigenvalue weighted by atomic mass is 9.87. The van der Waals surface area contributed by atoms with E-state index in [-0.39, 0.29) is 12.0 Å². The lowest BCUT2D eigenvalue weighted by Crippen LogP contribution is -2.36. The number of carbonyl (C=O) groups is 3. The van der Waals surface area contributed by atoms with Gasteiger partial charge in [-0.25, -0.2) is 9.59 Å². The lowest BCUT2D eigenvalue weighted by molar-refractivity contribution is -0.117. The lowest BCUT2D eigenvalue weighted by Gasteiger charge is -2.26. The summed E-state index contributed by atoms with van der Waals surface area (Å²) in [5.41, 5.74) is 1.30. The number of rotatable bonds is 5. The number of nitrogens with one attached hydrogen (secondary N) is 1. The fourth-order valence-electron chi connectivity index (χ4n) is 4.01. The zero-order valence-electron chi connectivity index (χ0n) is 16.5. The van der Waals surface area contributed by atoms with Crippen LogP contribution in [-0.4, -0.2) is 43.1 Å². The summed E-state index contributed by atoms with van der Waals surface area (Å²) in [5, 5.41) is 3.47. The molecule has 2 aliphatic rings. The van der Waals surface area contributed by atoms with Crippen molar-refractivity contribution < 1.29 is 23.9 Å². The highest BCUT2D eigenvalue weighted by Crippen LogP contribution is 2.38. The SMILES string of the molecule is CCOC(=O)N1CCc2c(sc(NC(=O)CC3CCCCC3)c2C(=O)OC)C1. The second-order valence-corrected chi connectivity index (χ2v) is 8.43. The molecule has 1 fully saturated rings. The monoisotopic (exact) mass is 408 g/mol. The van der Waals surface area contributed by atoms with Crippen molar-refractivity contribution in [1.82, 2.24) is 4.90 Å². The molecule has 3 rings (SSSR count). The summed E-state index contributed by atoms with van der Waals surface area (Å²) in [6, 6.07) is 0. The average Bonchev–Trinajstić information content (AvgIpc) is 3.05. The third kappa shape index (κ3) is 4.66. The normalized spacial score (nSPS) is 17.0. The van der Waals surface area contributed by atoms with E-state index >= 15 is 0 Å². The molecule has 0 atom stereocenters. The highest BCUT2D eigenvalue weighted by molar-refractivity contribution is 7.17. The zero-order chi connectivity index (χ0) is 20.1. The molecule has 1 aliphatic carbocycles. The predicted molar refractivity (Wildman–Crippen MR) is 107 cm³/mol. The molecule has 1 N–H and O–H groups in total. The van der Waals surface area contributed by atoms with Crippen LogP contribution in [0.4, 0.5) is 9.80 Å². The number of nitrogens with zero attached hydrogens (tertiary/aromatic N) is 1. The fraction of sp³-hybridized carbons (Fsp3) is 0.650. The molecule has 154 valence electrons. The smallest absolute Gasteiger partial charge is 0.410 e. The van der Waals surface area contributed by atoms with E-state index in [0.29, 0.717) is 49.0 Å². The number of ether oxygens (including phenoxy) is 2. The second kappa shape index (κ2) is 9.41. The Balaban J connectivity index is 1.76. The molecule has 7 nitrogen and oxygen atoms in total. The summed E-state index contributed by atoms with van der Waals surface area (Å²) < 4.78 is 10.0. The van der Waals surface area contributed by atoms with E-state index < -0.39 is 5.97 Å². The van der Waals surface area contributed by atoms with Gasteiger partial charge in [0, 0.05) is 17.8 Å². The maximum Gasteiger partial charge on any atom is 0.410 e. The van der Waals surface area contributed by atoms with E-state index in [1.54, 1.807) is 11.8 Å². The number of carbonyl (C=O) groups excluding carboxylic acids is 3. The Morgan fingerprint density at radius 2 is 1.96 bits per heavy atom. The number of anilines is 1. The van der Waals surface area contributed by atoms with Gasteiger partial charge in [0.25, 0.3) is 0 Å².